The Labute approximate surface area is 139 Å². The highest BCUT2D eigenvalue weighted by atomic mass is 19.4. The largest absolute Gasteiger partial charge is 0.497 e. The van der Waals surface area contributed by atoms with Gasteiger partial charge in [-0.25, -0.2) is 0 Å². The van der Waals surface area contributed by atoms with Gasteiger partial charge in [0.15, 0.2) is 12.4 Å². The molecule has 0 N–H and O–H groups in total. The molecule has 0 aliphatic heterocycles. The van der Waals surface area contributed by atoms with Gasteiger partial charge in [-0.2, -0.15) is 13.2 Å². The number of halogens is 3. The number of carbonyl (C=O) groups is 1. The van der Waals surface area contributed by atoms with Gasteiger partial charge in [-0.3, -0.25) is 14.9 Å². The number of rotatable bonds is 6. The summed E-state index contributed by atoms with van der Waals surface area (Å²) in [5, 5.41) is 10.7. The number of ether oxygens (including phenoxy) is 2. The van der Waals surface area contributed by atoms with E-state index in [1.807, 2.05) is 0 Å². The van der Waals surface area contributed by atoms with E-state index >= 15 is 0 Å². The Balaban J connectivity index is 2.14. The van der Waals surface area contributed by atoms with Crippen LogP contribution in [-0.4, -0.2) is 24.4 Å². The predicted molar refractivity (Wildman–Crippen MR) is 80.9 cm³/mol. The van der Waals surface area contributed by atoms with E-state index in [9.17, 15) is 28.1 Å². The van der Waals surface area contributed by atoms with Crippen LogP contribution in [0.25, 0.3) is 0 Å². The zero-order valence-corrected chi connectivity index (χ0v) is 12.9. The number of nitro benzene ring substituents is 1. The highest BCUT2D eigenvalue weighted by Gasteiger charge is 2.38. The molecule has 0 unspecified atom stereocenters. The van der Waals surface area contributed by atoms with Crippen LogP contribution >= 0.6 is 0 Å². The third-order valence-corrected chi connectivity index (χ3v) is 3.25. The number of alkyl halides is 3. The van der Waals surface area contributed by atoms with Crippen molar-refractivity contribution in [3.05, 3.63) is 63.7 Å². The first-order chi connectivity index (χ1) is 11.7. The monoisotopic (exact) mass is 355 g/mol. The van der Waals surface area contributed by atoms with Gasteiger partial charge in [0.05, 0.1) is 12.0 Å². The van der Waals surface area contributed by atoms with Crippen molar-refractivity contribution in [1.29, 1.82) is 0 Å². The van der Waals surface area contributed by atoms with Gasteiger partial charge >= 0.3 is 6.18 Å². The molecule has 0 saturated carbocycles. The third kappa shape index (κ3) is 4.46. The first kappa shape index (κ1) is 18.2. The van der Waals surface area contributed by atoms with Gasteiger partial charge < -0.3 is 9.47 Å². The molecule has 0 saturated heterocycles. The molecule has 2 aromatic rings. The smallest absolute Gasteiger partial charge is 0.423 e. The summed E-state index contributed by atoms with van der Waals surface area (Å²) in [6, 6.07) is 8.29. The minimum Gasteiger partial charge on any atom is -0.497 e. The summed E-state index contributed by atoms with van der Waals surface area (Å²) in [5.41, 5.74) is -2.23. The van der Waals surface area contributed by atoms with Crippen LogP contribution < -0.4 is 9.47 Å². The van der Waals surface area contributed by atoms with Crippen molar-refractivity contribution in [3.63, 3.8) is 0 Å². The van der Waals surface area contributed by atoms with Gasteiger partial charge in [-0.1, -0.05) is 0 Å². The fourth-order valence-electron chi connectivity index (χ4n) is 2.00. The highest BCUT2D eigenvalue weighted by Crippen LogP contribution is 2.38. The van der Waals surface area contributed by atoms with Crippen molar-refractivity contribution in [2.24, 2.45) is 0 Å². The van der Waals surface area contributed by atoms with E-state index in [1.54, 1.807) is 12.1 Å². The molecule has 2 rings (SSSR count). The molecule has 0 aliphatic rings. The van der Waals surface area contributed by atoms with Crippen LogP contribution in [0.5, 0.6) is 11.5 Å². The number of hydrogen-bond donors (Lipinski definition) is 0. The number of Topliss-reactive ketones (excluding diaryl/α,β-unsaturated/α-hetero) is 1. The van der Waals surface area contributed by atoms with E-state index in [2.05, 4.69) is 0 Å². The molecule has 0 radical (unpaired) electrons. The van der Waals surface area contributed by atoms with Crippen LogP contribution in [0.2, 0.25) is 0 Å². The number of nitro groups is 1. The van der Waals surface area contributed by atoms with Gasteiger partial charge in [0.25, 0.3) is 5.69 Å². The van der Waals surface area contributed by atoms with Gasteiger partial charge in [0, 0.05) is 11.6 Å². The van der Waals surface area contributed by atoms with Crippen molar-refractivity contribution < 1.29 is 32.4 Å². The Bertz CT molecular complexity index is 787. The summed E-state index contributed by atoms with van der Waals surface area (Å²) in [7, 11) is 1.47. The molecule has 0 amide bonds. The molecular weight excluding hydrogens is 343 g/mol. The Morgan fingerprint density at radius 2 is 1.72 bits per heavy atom. The normalized spacial score (nSPS) is 11.0. The zero-order chi connectivity index (χ0) is 18.6. The van der Waals surface area contributed by atoms with Crippen LogP contribution in [0, 0.1) is 10.1 Å². The first-order valence-corrected chi connectivity index (χ1v) is 6.88. The molecule has 0 aromatic heterocycles. The molecule has 0 aliphatic carbocycles. The Morgan fingerprint density at radius 3 is 2.24 bits per heavy atom. The lowest BCUT2D eigenvalue weighted by atomic mass is 10.1. The zero-order valence-electron chi connectivity index (χ0n) is 12.9. The Hall–Kier alpha value is -3.10. The number of nitrogens with zero attached hydrogens (tertiary/aromatic N) is 1. The molecule has 0 heterocycles. The minimum atomic E-state index is -4.91. The van der Waals surface area contributed by atoms with Crippen molar-refractivity contribution >= 4 is 11.5 Å². The van der Waals surface area contributed by atoms with Crippen LogP contribution in [0.15, 0.2) is 42.5 Å². The van der Waals surface area contributed by atoms with E-state index in [0.29, 0.717) is 23.4 Å². The molecule has 0 fully saturated rings. The van der Waals surface area contributed by atoms with Crippen LogP contribution in [0.4, 0.5) is 18.9 Å². The summed E-state index contributed by atoms with van der Waals surface area (Å²) >= 11 is 0. The fraction of sp³-hybridized carbons (Fsp3) is 0.188. The summed E-state index contributed by atoms with van der Waals surface area (Å²) in [4.78, 5) is 21.5. The Morgan fingerprint density at radius 1 is 1.12 bits per heavy atom. The number of benzene rings is 2. The maximum Gasteiger partial charge on any atom is 0.423 e. The summed E-state index contributed by atoms with van der Waals surface area (Å²) < 4.78 is 48.7. The van der Waals surface area contributed by atoms with Gasteiger partial charge in [0.2, 0.25) is 0 Å². The number of methoxy groups -OCH3 is 1. The average molecular weight is 355 g/mol. The van der Waals surface area contributed by atoms with E-state index in [0.717, 1.165) is 6.07 Å². The molecule has 132 valence electrons. The highest BCUT2D eigenvalue weighted by molar-refractivity contribution is 5.97. The van der Waals surface area contributed by atoms with Crippen molar-refractivity contribution in [2.45, 2.75) is 6.18 Å². The van der Waals surface area contributed by atoms with Crippen LogP contribution in [0.3, 0.4) is 0 Å². The predicted octanol–water partition coefficient (Wildman–Crippen LogP) is 3.88. The lowest BCUT2D eigenvalue weighted by molar-refractivity contribution is -0.388. The third-order valence-electron chi connectivity index (χ3n) is 3.25. The second-order valence-corrected chi connectivity index (χ2v) is 4.87. The minimum absolute atomic E-state index is 0.291. The number of ketones is 1. The van der Waals surface area contributed by atoms with E-state index in [1.165, 1.54) is 19.2 Å². The van der Waals surface area contributed by atoms with Crippen molar-refractivity contribution in [2.75, 3.05) is 13.7 Å². The molecular formula is C16H12F3NO5. The van der Waals surface area contributed by atoms with E-state index in [-0.39, 0.29) is 5.75 Å². The topological polar surface area (TPSA) is 78.7 Å². The van der Waals surface area contributed by atoms with Crippen LogP contribution in [0.1, 0.15) is 15.9 Å². The molecule has 6 nitrogen and oxygen atoms in total. The lowest BCUT2D eigenvalue weighted by Gasteiger charge is -2.10. The molecule has 0 atom stereocenters. The summed E-state index contributed by atoms with van der Waals surface area (Å²) in [6.07, 6.45) is -4.91. The molecule has 0 bridgehead atoms. The molecule has 9 heteroatoms. The van der Waals surface area contributed by atoms with Gasteiger partial charge in [-0.15, -0.1) is 0 Å². The van der Waals surface area contributed by atoms with E-state index in [4.69, 9.17) is 9.47 Å². The van der Waals surface area contributed by atoms with Crippen molar-refractivity contribution in [3.8, 4) is 11.5 Å². The lowest BCUT2D eigenvalue weighted by Crippen LogP contribution is -2.13. The summed E-state index contributed by atoms with van der Waals surface area (Å²) in [5.74, 6) is -0.211. The second-order valence-electron chi connectivity index (χ2n) is 4.87. The fourth-order valence-corrected chi connectivity index (χ4v) is 2.00. The molecule has 0 spiro atoms. The van der Waals surface area contributed by atoms with Gasteiger partial charge in [-0.05, 0) is 36.4 Å². The number of carbonyl (C=O) groups excluding carboxylic acids is 1. The first-order valence-electron chi connectivity index (χ1n) is 6.88. The SMILES string of the molecule is COc1ccc(C(=O)COc2ccc([N+](=O)[O-])c(C(F)(F)F)c2)cc1. The second kappa shape index (κ2) is 7.20. The maximum absolute atomic E-state index is 12.9. The van der Waals surface area contributed by atoms with Crippen LogP contribution in [-0.2, 0) is 6.18 Å². The molecule has 25 heavy (non-hydrogen) atoms. The van der Waals surface area contributed by atoms with E-state index < -0.39 is 34.7 Å². The number of hydrogen-bond acceptors (Lipinski definition) is 5. The standard InChI is InChI=1S/C16H12F3NO5/c1-24-11-4-2-10(3-5-11)15(21)9-25-12-6-7-14(20(22)23)13(8-12)16(17,18)19/h2-8H,9H2,1H3. The van der Waals surface area contributed by atoms with Gasteiger partial charge in [0.1, 0.15) is 17.1 Å². The summed E-state index contributed by atoms with van der Waals surface area (Å²) in [6.45, 7) is -0.512. The molecule has 2 aromatic carbocycles. The Kier molecular flexibility index (Phi) is 5.26. The maximum atomic E-state index is 12.9. The average Bonchev–Trinajstić information content (AvgIpc) is 2.58. The quantitative estimate of drug-likeness (QED) is 0.446. The van der Waals surface area contributed by atoms with Crippen molar-refractivity contribution in [1.82, 2.24) is 0 Å².